The van der Waals surface area contributed by atoms with Gasteiger partial charge in [-0.2, -0.15) is 8.42 Å². The normalized spacial score (nSPS) is 11.4. The van der Waals surface area contributed by atoms with Gasteiger partial charge in [0.05, 0.1) is 12.0 Å². The van der Waals surface area contributed by atoms with Crippen LogP contribution >= 0.6 is 0 Å². The van der Waals surface area contributed by atoms with Gasteiger partial charge in [-0.15, -0.1) is 0 Å². The molecule has 0 aliphatic carbocycles. The van der Waals surface area contributed by atoms with Gasteiger partial charge in [-0.05, 0) is 13.0 Å². The first kappa shape index (κ1) is 8.13. The fourth-order valence-electron chi connectivity index (χ4n) is 0.495. The number of rotatable bonds is 3. The highest BCUT2D eigenvalue weighted by atomic mass is 32.2. The maximum Gasteiger partial charge on any atom is 0.311 e. The minimum atomic E-state index is -3.44. The van der Waals surface area contributed by atoms with Crippen LogP contribution in [-0.2, 0) is 10.1 Å². The molecule has 0 radical (unpaired) electrons. The van der Waals surface area contributed by atoms with Crippen molar-refractivity contribution in [3.63, 3.8) is 0 Å². The Labute approximate surface area is 64.9 Å². The van der Waals surface area contributed by atoms with Gasteiger partial charge in [0.25, 0.3) is 0 Å². The van der Waals surface area contributed by atoms with Crippen molar-refractivity contribution >= 4 is 10.1 Å². The molecule has 0 saturated carbocycles. The van der Waals surface area contributed by atoms with Gasteiger partial charge in [0, 0.05) is 6.07 Å². The summed E-state index contributed by atoms with van der Waals surface area (Å²) in [6, 6.07) is 2.99. The van der Waals surface area contributed by atoms with Crippen LogP contribution in [0.5, 0.6) is 5.95 Å². The van der Waals surface area contributed by atoms with E-state index in [1.807, 2.05) is 0 Å². The third kappa shape index (κ3) is 2.27. The van der Waals surface area contributed by atoms with Crippen LogP contribution in [0, 0.1) is 0 Å². The molecule has 0 aromatic carbocycles. The van der Waals surface area contributed by atoms with E-state index in [0.29, 0.717) is 0 Å². The van der Waals surface area contributed by atoms with Gasteiger partial charge in [0.15, 0.2) is 0 Å². The predicted octanol–water partition coefficient (Wildman–Crippen LogP) is 1.01. The van der Waals surface area contributed by atoms with Gasteiger partial charge >= 0.3 is 16.1 Å². The van der Waals surface area contributed by atoms with Crippen LogP contribution in [0.15, 0.2) is 22.8 Å². The Morgan fingerprint density at radius 1 is 1.64 bits per heavy atom. The summed E-state index contributed by atoms with van der Waals surface area (Å²) in [6.07, 6.45) is 1.35. The van der Waals surface area contributed by atoms with Gasteiger partial charge in [-0.1, -0.05) is 0 Å². The Balaban J connectivity index is 2.72. The molecule has 1 aromatic heterocycles. The molecule has 62 valence electrons. The second-order valence-electron chi connectivity index (χ2n) is 1.86. The topological polar surface area (TPSA) is 56.5 Å². The van der Waals surface area contributed by atoms with Gasteiger partial charge in [-0.25, -0.2) is 0 Å². The second kappa shape index (κ2) is 2.96. The monoisotopic (exact) mass is 176 g/mol. The first-order valence-corrected chi connectivity index (χ1v) is 4.67. The number of furan rings is 1. The third-order valence-electron chi connectivity index (χ3n) is 1.06. The van der Waals surface area contributed by atoms with Gasteiger partial charge in [0.2, 0.25) is 0 Å². The summed E-state index contributed by atoms with van der Waals surface area (Å²) in [5, 5.41) is 0. The molecule has 4 nitrogen and oxygen atoms in total. The zero-order valence-electron chi connectivity index (χ0n) is 5.98. The Hall–Kier alpha value is -0.970. The van der Waals surface area contributed by atoms with Crippen molar-refractivity contribution in [1.82, 2.24) is 0 Å². The molecule has 1 aromatic rings. The van der Waals surface area contributed by atoms with E-state index in [-0.39, 0.29) is 11.7 Å². The molecule has 0 saturated heterocycles. The van der Waals surface area contributed by atoms with Crippen molar-refractivity contribution in [3.05, 3.63) is 18.4 Å². The van der Waals surface area contributed by atoms with Gasteiger partial charge in [0.1, 0.15) is 0 Å². The van der Waals surface area contributed by atoms with E-state index in [4.69, 9.17) is 0 Å². The zero-order chi connectivity index (χ0) is 8.32. The lowest BCUT2D eigenvalue weighted by atomic mass is 10.7. The lowest BCUT2D eigenvalue weighted by molar-refractivity contribution is 0.383. The van der Waals surface area contributed by atoms with Crippen LogP contribution < -0.4 is 4.18 Å². The largest absolute Gasteiger partial charge is 0.433 e. The molecule has 0 amide bonds. The summed E-state index contributed by atoms with van der Waals surface area (Å²) < 4.78 is 30.7. The SMILES string of the molecule is CCS(=O)(=O)Oc1ccco1. The number of hydrogen-bond donors (Lipinski definition) is 0. The van der Waals surface area contributed by atoms with E-state index in [2.05, 4.69) is 8.60 Å². The van der Waals surface area contributed by atoms with Crippen molar-refractivity contribution in [2.45, 2.75) is 6.92 Å². The quantitative estimate of drug-likeness (QED) is 0.645. The van der Waals surface area contributed by atoms with Crippen LogP contribution in [0.25, 0.3) is 0 Å². The summed E-state index contributed by atoms with van der Waals surface area (Å²) in [5.74, 6) is -0.0555. The van der Waals surface area contributed by atoms with E-state index < -0.39 is 10.1 Å². The first-order chi connectivity index (χ1) is 5.14. The summed E-state index contributed by atoms with van der Waals surface area (Å²) in [7, 11) is -3.44. The van der Waals surface area contributed by atoms with Crippen molar-refractivity contribution in [3.8, 4) is 5.95 Å². The van der Waals surface area contributed by atoms with Gasteiger partial charge in [-0.3, -0.25) is 0 Å². The summed E-state index contributed by atoms with van der Waals surface area (Å²) in [5.41, 5.74) is 0. The molecule has 1 heterocycles. The average Bonchev–Trinajstić information content (AvgIpc) is 2.39. The molecule has 0 fully saturated rings. The fourth-order valence-corrected chi connectivity index (χ4v) is 0.958. The van der Waals surface area contributed by atoms with Crippen molar-refractivity contribution in [2.24, 2.45) is 0 Å². The second-order valence-corrected chi connectivity index (χ2v) is 3.72. The van der Waals surface area contributed by atoms with Crippen LogP contribution in [0.2, 0.25) is 0 Å². The molecule has 0 N–H and O–H groups in total. The van der Waals surface area contributed by atoms with Gasteiger partial charge < -0.3 is 8.60 Å². The molecule has 0 aliphatic heterocycles. The Morgan fingerprint density at radius 3 is 2.82 bits per heavy atom. The minimum Gasteiger partial charge on any atom is -0.433 e. The molecule has 5 heteroatoms. The standard InChI is InChI=1S/C6H8O4S/c1-2-11(7,8)10-6-4-3-5-9-6/h3-5H,2H2,1H3. The smallest absolute Gasteiger partial charge is 0.311 e. The maximum absolute atomic E-state index is 10.8. The highest BCUT2D eigenvalue weighted by molar-refractivity contribution is 7.87. The summed E-state index contributed by atoms with van der Waals surface area (Å²) >= 11 is 0. The van der Waals surface area contributed by atoms with E-state index in [0.717, 1.165) is 0 Å². The fraction of sp³-hybridized carbons (Fsp3) is 0.333. The molecule has 0 spiro atoms. The van der Waals surface area contributed by atoms with Crippen LogP contribution in [0.4, 0.5) is 0 Å². The van der Waals surface area contributed by atoms with Crippen molar-refractivity contribution < 1.29 is 17.0 Å². The molecule has 0 aliphatic rings. The lowest BCUT2D eigenvalue weighted by Crippen LogP contribution is -2.10. The van der Waals surface area contributed by atoms with Crippen LogP contribution in [0.1, 0.15) is 6.92 Å². The van der Waals surface area contributed by atoms with E-state index >= 15 is 0 Å². The molecule has 0 atom stereocenters. The first-order valence-electron chi connectivity index (χ1n) is 3.10. The van der Waals surface area contributed by atoms with E-state index in [9.17, 15) is 8.42 Å². The highest BCUT2D eigenvalue weighted by Gasteiger charge is 2.09. The minimum absolute atomic E-state index is 0.00634. The molecule has 0 unspecified atom stereocenters. The summed E-state index contributed by atoms with van der Waals surface area (Å²) in [4.78, 5) is 0. The summed E-state index contributed by atoms with van der Waals surface area (Å²) in [6.45, 7) is 1.50. The maximum atomic E-state index is 10.8. The lowest BCUT2D eigenvalue weighted by Gasteiger charge is -1.98. The Kier molecular flexibility index (Phi) is 2.19. The zero-order valence-corrected chi connectivity index (χ0v) is 6.80. The van der Waals surface area contributed by atoms with Crippen LogP contribution in [-0.4, -0.2) is 14.2 Å². The molecule has 0 bridgehead atoms. The van der Waals surface area contributed by atoms with Crippen molar-refractivity contribution in [1.29, 1.82) is 0 Å². The average molecular weight is 176 g/mol. The highest BCUT2D eigenvalue weighted by Crippen LogP contribution is 2.12. The molecule has 1 rings (SSSR count). The van der Waals surface area contributed by atoms with E-state index in [1.54, 1.807) is 6.07 Å². The molecular weight excluding hydrogens is 168 g/mol. The third-order valence-corrected chi connectivity index (χ3v) is 2.18. The molecular formula is C6H8O4S. The predicted molar refractivity (Wildman–Crippen MR) is 38.8 cm³/mol. The van der Waals surface area contributed by atoms with Crippen LogP contribution in [0.3, 0.4) is 0 Å². The Morgan fingerprint density at radius 2 is 2.36 bits per heavy atom. The Bertz CT molecular complexity index is 297. The molecule has 11 heavy (non-hydrogen) atoms. The number of hydrogen-bond acceptors (Lipinski definition) is 4. The van der Waals surface area contributed by atoms with E-state index in [1.165, 1.54) is 19.3 Å². The van der Waals surface area contributed by atoms with Crippen molar-refractivity contribution in [2.75, 3.05) is 5.75 Å².